The fraction of sp³-hybridized carbons (Fsp3) is 0.545. The van der Waals surface area contributed by atoms with Gasteiger partial charge in [0.25, 0.3) is 0 Å². The highest BCUT2D eigenvalue weighted by atomic mass is 32.2. The van der Waals surface area contributed by atoms with Gasteiger partial charge in [-0.2, -0.15) is 0 Å². The standard InChI is InChI=1S/C33H45N3O3S/c1-6-22(4)31(40-30(37)21-35(7-2)8-3)32(38)34-28-20-26-18-17-25(24-14-10-9-11-15-24)19-27(26)29-16-12-13-23(5)36(29)33(28)39/h9-11,14-15,17-19,22-23,28-29,31H,6-8,12-13,16,20-21H2,1-5H3,(H,34,38)/t22-,23+,28-,29+,31-/m0/s1. The van der Waals surface area contributed by atoms with E-state index in [0.29, 0.717) is 13.0 Å². The first-order chi connectivity index (χ1) is 19.3. The summed E-state index contributed by atoms with van der Waals surface area (Å²) < 4.78 is 0. The molecule has 40 heavy (non-hydrogen) atoms. The molecule has 7 heteroatoms. The summed E-state index contributed by atoms with van der Waals surface area (Å²) in [6.07, 6.45) is 4.19. The molecule has 1 fully saturated rings. The first kappa shape index (κ1) is 30.3. The van der Waals surface area contributed by atoms with Crippen molar-refractivity contribution in [2.24, 2.45) is 5.92 Å². The molecule has 0 aliphatic carbocycles. The normalized spacial score (nSPS) is 22.2. The minimum atomic E-state index is -0.649. The number of nitrogens with one attached hydrogen (secondary N) is 1. The van der Waals surface area contributed by atoms with Crippen LogP contribution in [0.25, 0.3) is 11.1 Å². The fourth-order valence-corrected chi connectivity index (χ4v) is 7.21. The third-order valence-electron chi connectivity index (χ3n) is 8.74. The van der Waals surface area contributed by atoms with Crippen LogP contribution in [0.1, 0.15) is 77.5 Å². The molecule has 2 aromatic carbocycles. The summed E-state index contributed by atoms with van der Waals surface area (Å²) in [6.45, 7) is 12.2. The molecule has 2 aromatic rings. The molecular formula is C33H45N3O3S. The first-order valence-corrected chi connectivity index (χ1v) is 15.9. The predicted molar refractivity (Wildman–Crippen MR) is 164 cm³/mol. The second kappa shape index (κ2) is 13.8. The zero-order valence-electron chi connectivity index (χ0n) is 24.7. The van der Waals surface area contributed by atoms with Crippen molar-refractivity contribution in [3.63, 3.8) is 0 Å². The van der Waals surface area contributed by atoms with Crippen molar-refractivity contribution in [1.82, 2.24) is 15.1 Å². The molecule has 4 rings (SSSR count). The van der Waals surface area contributed by atoms with Gasteiger partial charge in [-0.3, -0.25) is 19.3 Å². The second-order valence-electron chi connectivity index (χ2n) is 11.3. The van der Waals surface area contributed by atoms with E-state index < -0.39 is 11.3 Å². The molecule has 216 valence electrons. The molecular weight excluding hydrogens is 518 g/mol. The third-order valence-corrected chi connectivity index (χ3v) is 10.1. The van der Waals surface area contributed by atoms with E-state index in [1.54, 1.807) is 0 Å². The number of thioether (sulfide) groups is 1. The molecule has 0 bridgehead atoms. The fourth-order valence-electron chi connectivity index (χ4n) is 6.07. The topological polar surface area (TPSA) is 69.7 Å². The summed E-state index contributed by atoms with van der Waals surface area (Å²) in [7, 11) is 0. The number of hydrogen-bond donors (Lipinski definition) is 1. The van der Waals surface area contributed by atoms with Gasteiger partial charge in [0.05, 0.1) is 17.8 Å². The van der Waals surface area contributed by atoms with Crippen LogP contribution in [0.2, 0.25) is 0 Å². The van der Waals surface area contributed by atoms with Gasteiger partial charge in [-0.1, -0.05) is 88.3 Å². The van der Waals surface area contributed by atoms with Crippen LogP contribution in [-0.4, -0.2) is 63.7 Å². The Morgan fingerprint density at radius 2 is 1.77 bits per heavy atom. The van der Waals surface area contributed by atoms with Gasteiger partial charge in [-0.15, -0.1) is 0 Å². The van der Waals surface area contributed by atoms with Crippen LogP contribution in [-0.2, 0) is 20.8 Å². The number of hydrogen-bond acceptors (Lipinski definition) is 5. The summed E-state index contributed by atoms with van der Waals surface area (Å²) in [6, 6.07) is 16.3. The Morgan fingerprint density at radius 3 is 2.45 bits per heavy atom. The highest BCUT2D eigenvalue weighted by Crippen LogP contribution is 2.40. The van der Waals surface area contributed by atoms with Gasteiger partial charge >= 0.3 is 0 Å². The van der Waals surface area contributed by atoms with Crippen molar-refractivity contribution in [3.05, 3.63) is 59.7 Å². The number of rotatable bonds is 10. The second-order valence-corrected chi connectivity index (χ2v) is 12.5. The van der Waals surface area contributed by atoms with Crippen LogP contribution >= 0.6 is 11.8 Å². The van der Waals surface area contributed by atoms with Crippen molar-refractivity contribution in [3.8, 4) is 11.1 Å². The van der Waals surface area contributed by atoms with E-state index in [9.17, 15) is 14.4 Å². The molecule has 0 unspecified atom stereocenters. The Morgan fingerprint density at radius 1 is 1.05 bits per heavy atom. The summed E-state index contributed by atoms with van der Waals surface area (Å²) >= 11 is 1.13. The molecule has 0 radical (unpaired) electrons. The lowest BCUT2D eigenvalue weighted by molar-refractivity contribution is -0.142. The van der Waals surface area contributed by atoms with Gasteiger partial charge in [0.1, 0.15) is 6.04 Å². The maximum absolute atomic E-state index is 14.1. The van der Waals surface area contributed by atoms with E-state index in [1.165, 1.54) is 5.56 Å². The minimum Gasteiger partial charge on any atom is -0.343 e. The van der Waals surface area contributed by atoms with E-state index in [1.807, 2.05) is 50.8 Å². The van der Waals surface area contributed by atoms with Crippen LogP contribution in [0, 0.1) is 5.92 Å². The molecule has 2 amide bonds. The van der Waals surface area contributed by atoms with Crippen LogP contribution in [0.5, 0.6) is 0 Å². The van der Waals surface area contributed by atoms with E-state index in [-0.39, 0.29) is 34.9 Å². The Hall–Kier alpha value is -2.64. The zero-order chi connectivity index (χ0) is 28.8. The number of piperidine rings is 1. The summed E-state index contributed by atoms with van der Waals surface area (Å²) in [5, 5.41) is 2.61. The molecule has 0 spiro atoms. The van der Waals surface area contributed by atoms with Crippen molar-refractivity contribution in [2.45, 2.75) is 90.1 Å². The highest BCUT2D eigenvalue weighted by Gasteiger charge is 2.41. The molecule has 0 aromatic heterocycles. The van der Waals surface area contributed by atoms with Crippen molar-refractivity contribution < 1.29 is 14.4 Å². The van der Waals surface area contributed by atoms with Gasteiger partial charge in [0, 0.05) is 12.5 Å². The van der Waals surface area contributed by atoms with Crippen LogP contribution in [0.15, 0.2) is 48.5 Å². The summed E-state index contributed by atoms with van der Waals surface area (Å²) in [5.41, 5.74) is 4.61. The molecule has 2 aliphatic heterocycles. The van der Waals surface area contributed by atoms with Gasteiger partial charge in [-0.25, -0.2) is 0 Å². The maximum Gasteiger partial charge on any atom is 0.246 e. The average Bonchev–Trinajstić information content (AvgIpc) is 3.09. The highest BCUT2D eigenvalue weighted by molar-refractivity contribution is 8.14. The van der Waals surface area contributed by atoms with Gasteiger partial charge in [-0.05, 0) is 73.5 Å². The zero-order valence-corrected chi connectivity index (χ0v) is 25.5. The Bertz CT molecular complexity index is 1180. The van der Waals surface area contributed by atoms with E-state index in [4.69, 9.17) is 0 Å². The number of fused-ring (bicyclic) bond motifs is 3. The number of likely N-dealkylation sites (N-methyl/N-ethyl adjacent to an activating group) is 1. The number of carbonyl (C=O) groups excluding carboxylic acids is 3. The lowest BCUT2D eigenvalue weighted by Gasteiger charge is -2.41. The lowest BCUT2D eigenvalue weighted by Crippen LogP contribution is -2.54. The van der Waals surface area contributed by atoms with Crippen LogP contribution in [0.3, 0.4) is 0 Å². The first-order valence-electron chi connectivity index (χ1n) is 15.0. The van der Waals surface area contributed by atoms with Crippen molar-refractivity contribution >= 4 is 28.7 Å². The van der Waals surface area contributed by atoms with Gasteiger partial charge in [0.15, 0.2) is 0 Å². The smallest absolute Gasteiger partial charge is 0.246 e. The van der Waals surface area contributed by atoms with Crippen molar-refractivity contribution in [2.75, 3.05) is 19.6 Å². The third kappa shape index (κ3) is 6.80. The Labute approximate surface area is 244 Å². The number of carbonyl (C=O) groups is 3. The summed E-state index contributed by atoms with van der Waals surface area (Å²) in [4.78, 5) is 44.9. The maximum atomic E-state index is 14.1. The molecule has 1 saturated heterocycles. The molecule has 2 aliphatic rings. The van der Waals surface area contributed by atoms with Crippen LogP contribution < -0.4 is 5.32 Å². The molecule has 1 N–H and O–H groups in total. The number of amides is 2. The van der Waals surface area contributed by atoms with E-state index in [0.717, 1.165) is 67.2 Å². The summed E-state index contributed by atoms with van der Waals surface area (Å²) in [5.74, 6) is -0.213. The Balaban J connectivity index is 1.61. The van der Waals surface area contributed by atoms with Gasteiger partial charge in [0.2, 0.25) is 16.9 Å². The minimum absolute atomic E-state index is 0.000142. The molecule has 6 nitrogen and oxygen atoms in total. The van der Waals surface area contributed by atoms with E-state index >= 15 is 0 Å². The molecule has 5 atom stereocenters. The van der Waals surface area contributed by atoms with E-state index in [2.05, 4.69) is 47.5 Å². The Kier molecular flexibility index (Phi) is 10.5. The largest absolute Gasteiger partial charge is 0.343 e. The SMILES string of the molecule is CC[C@H](C)[C@H](SC(=O)CN(CC)CC)C(=O)N[C@H]1Cc2ccc(-c3ccccc3)cc2[C@H]2CCC[C@@H](C)N2C1=O. The molecule has 2 heterocycles. The van der Waals surface area contributed by atoms with Crippen molar-refractivity contribution in [1.29, 1.82) is 0 Å². The lowest BCUT2D eigenvalue weighted by atomic mass is 9.88. The van der Waals surface area contributed by atoms with Gasteiger partial charge < -0.3 is 10.2 Å². The average molecular weight is 564 g/mol. The molecule has 0 saturated carbocycles. The number of benzene rings is 2. The van der Waals surface area contributed by atoms with Crippen LogP contribution in [0.4, 0.5) is 0 Å². The predicted octanol–water partition coefficient (Wildman–Crippen LogP) is 5.85. The quantitative estimate of drug-likeness (QED) is 0.393. The monoisotopic (exact) mass is 563 g/mol. The number of nitrogens with zero attached hydrogens (tertiary/aromatic N) is 2.